The molecular weight excluding hydrogens is 410 g/mol. The number of alkyl halides is 6. The largest absolute Gasteiger partial charge is 0.416 e. The second-order valence-corrected chi connectivity index (χ2v) is 6.45. The number of nitrogens with one attached hydrogen (secondary N) is 1. The molecule has 0 aliphatic rings. The Morgan fingerprint density at radius 2 is 1.43 bits per heavy atom. The lowest BCUT2D eigenvalue weighted by molar-refractivity contribution is -0.143. The fraction of sp³-hybridized carbons (Fsp3) is 0.150. The third-order valence-electron chi connectivity index (χ3n) is 4.11. The number of hydrogen-bond acceptors (Lipinski definition) is 3. The number of aromatic nitrogens is 3. The van der Waals surface area contributed by atoms with Crippen LogP contribution in [0.15, 0.2) is 36.4 Å². The van der Waals surface area contributed by atoms with E-state index in [0.29, 0.717) is 23.3 Å². The van der Waals surface area contributed by atoms with Crippen molar-refractivity contribution < 1.29 is 26.3 Å². The first-order valence-electron chi connectivity index (χ1n) is 8.38. The Kier molecular flexibility index (Phi) is 5.39. The van der Waals surface area contributed by atoms with Crippen LogP contribution in [0.1, 0.15) is 33.5 Å². The minimum atomic E-state index is -4.92. The van der Waals surface area contributed by atoms with E-state index in [1.165, 1.54) is 6.08 Å². The van der Waals surface area contributed by atoms with Gasteiger partial charge in [-0.15, -0.1) is 5.10 Å². The molecule has 2 aromatic carbocycles. The number of benzene rings is 2. The average molecular weight is 422 g/mol. The molecule has 10 heteroatoms. The van der Waals surface area contributed by atoms with Crippen LogP contribution in [0, 0.1) is 18.3 Å². The highest BCUT2D eigenvalue weighted by atomic mass is 19.4. The van der Waals surface area contributed by atoms with Gasteiger partial charge in [0.25, 0.3) is 0 Å². The maximum absolute atomic E-state index is 13.0. The molecule has 0 spiro atoms. The van der Waals surface area contributed by atoms with E-state index in [-0.39, 0.29) is 23.0 Å². The number of nitriles is 1. The summed E-state index contributed by atoms with van der Waals surface area (Å²) in [6, 6.07) is 8.28. The van der Waals surface area contributed by atoms with E-state index >= 15 is 0 Å². The number of H-pyrrole nitrogens is 1. The Bertz CT molecular complexity index is 1120. The standard InChI is InChI=1S/C20H12F6N4/c1-11-4-12(6-14(5-11)18-17(10-27)28-30-29-18)2-3-13-7-15(19(21,22)23)9-16(8-13)20(24,25)26/h2-9H,1H3,(H,28,29,30)/b3-2+. The van der Waals surface area contributed by atoms with Crippen molar-refractivity contribution in [1.29, 1.82) is 5.26 Å². The monoisotopic (exact) mass is 422 g/mol. The summed E-state index contributed by atoms with van der Waals surface area (Å²) in [5.74, 6) is 0. The maximum atomic E-state index is 13.0. The normalized spacial score (nSPS) is 12.3. The molecule has 0 saturated heterocycles. The van der Waals surface area contributed by atoms with E-state index in [0.717, 1.165) is 11.6 Å². The van der Waals surface area contributed by atoms with Crippen molar-refractivity contribution in [3.05, 3.63) is 69.9 Å². The molecule has 0 fully saturated rings. The van der Waals surface area contributed by atoms with Gasteiger partial charge in [-0.25, -0.2) is 5.10 Å². The molecule has 3 aromatic rings. The second-order valence-electron chi connectivity index (χ2n) is 6.45. The molecule has 1 N–H and O–H groups in total. The Hall–Kier alpha value is -3.61. The van der Waals surface area contributed by atoms with E-state index in [1.807, 2.05) is 6.07 Å². The molecule has 0 aliphatic heterocycles. The van der Waals surface area contributed by atoms with Gasteiger partial charge in [0.2, 0.25) is 0 Å². The van der Waals surface area contributed by atoms with Crippen molar-refractivity contribution in [2.75, 3.05) is 0 Å². The van der Waals surface area contributed by atoms with Gasteiger partial charge in [0, 0.05) is 5.56 Å². The summed E-state index contributed by atoms with van der Waals surface area (Å²) >= 11 is 0. The predicted octanol–water partition coefficient (Wildman–Crippen LogP) is 5.86. The molecule has 0 bridgehead atoms. The highest BCUT2D eigenvalue weighted by molar-refractivity contribution is 5.75. The lowest BCUT2D eigenvalue weighted by atomic mass is 10.0. The third-order valence-corrected chi connectivity index (χ3v) is 4.11. The summed E-state index contributed by atoms with van der Waals surface area (Å²) in [5, 5.41) is 18.9. The van der Waals surface area contributed by atoms with Crippen LogP contribution in [0.2, 0.25) is 0 Å². The highest BCUT2D eigenvalue weighted by Crippen LogP contribution is 2.36. The van der Waals surface area contributed by atoms with Crippen LogP contribution in [-0.2, 0) is 12.4 Å². The molecule has 0 unspecified atom stereocenters. The molecule has 1 aromatic heterocycles. The van der Waals surface area contributed by atoms with Crippen LogP contribution in [-0.4, -0.2) is 15.4 Å². The Morgan fingerprint density at radius 3 is 1.97 bits per heavy atom. The van der Waals surface area contributed by atoms with Crippen molar-refractivity contribution >= 4 is 12.2 Å². The van der Waals surface area contributed by atoms with Crippen LogP contribution in [0.25, 0.3) is 23.4 Å². The first-order valence-corrected chi connectivity index (χ1v) is 8.38. The van der Waals surface area contributed by atoms with E-state index in [2.05, 4.69) is 15.4 Å². The minimum absolute atomic E-state index is 0.0795. The van der Waals surface area contributed by atoms with E-state index < -0.39 is 23.5 Å². The number of halogens is 6. The van der Waals surface area contributed by atoms with Gasteiger partial charge in [-0.2, -0.15) is 31.6 Å². The zero-order chi connectivity index (χ0) is 22.1. The van der Waals surface area contributed by atoms with Gasteiger partial charge in [0.1, 0.15) is 11.8 Å². The molecule has 0 amide bonds. The smallest absolute Gasteiger partial charge is 0.247 e. The van der Waals surface area contributed by atoms with Gasteiger partial charge in [-0.05, 0) is 53.9 Å². The summed E-state index contributed by atoms with van der Waals surface area (Å²) in [6.07, 6.45) is -7.28. The van der Waals surface area contributed by atoms with Crippen molar-refractivity contribution in [2.24, 2.45) is 0 Å². The summed E-state index contributed by atoms with van der Waals surface area (Å²) in [7, 11) is 0. The predicted molar refractivity (Wildman–Crippen MR) is 96.6 cm³/mol. The van der Waals surface area contributed by atoms with Crippen molar-refractivity contribution in [1.82, 2.24) is 15.4 Å². The number of rotatable bonds is 3. The summed E-state index contributed by atoms with van der Waals surface area (Å²) in [4.78, 5) is 0. The van der Waals surface area contributed by atoms with E-state index in [1.54, 1.807) is 25.1 Å². The molecule has 4 nitrogen and oxygen atoms in total. The highest BCUT2D eigenvalue weighted by Gasteiger charge is 2.36. The molecule has 30 heavy (non-hydrogen) atoms. The topological polar surface area (TPSA) is 65.4 Å². The number of aromatic amines is 1. The summed E-state index contributed by atoms with van der Waals surface area (Å²) < 4.78 is 78.0. The SMILES string of the molecule is Cc1cc(/C=C/c2cc(C(F)(F)F)cc(C(F)(F)F)c2)cc(-c2nn[nH]c2C#N)c1. The molecule has 0 radical (unpaired) electrons. The van der Waals surface area contributed by atoms with E-state index in [9.17, 15) is 26.3 Å². The van der Waals surface area contributed by atoms with E-state index in [4.69, 9.17) is 5.26 Å². The van der Waals surface area contributed by atoms with Gasteiger partial charge >= 0.3 is 12.4 Å². The van der Waals surface area contributed by atoms with Crippen LogP contribution >= 0.6 is 0 Å². The van der Waals surface area contributed by atoms with Crippen LogP contribution in [0.5, 0.6) is 0 Å². The van der Waals surface area contributed by atoms with Gasteiger partial charge in [-0.3, -0.25) is 0 Å². The van der Waals surface area contributed by atoms with Crippen molar-refractivity contribution in [3.63, 3.8) is 0 Å². The number of nitrogens with zero attached hydrogens (tertiary/aromatic N) is 3. The van der Waals surface area contributed by atoms with Gasteiger partial charge in [0.15, 0.2) is 5.69 Å². The molecule has 0 saturated carbocycles. The Labute approximate surface area is 166 Å². The molecule has 0 atom stereocenters. The van der Waals surface area contributed by atoms with Crippen LogP contribution < -0.4 is 0 Å². The number of aryl methyl sites for hydroxylation is 1. The lowest BCUT2D eigenvalue weighted by Gasteiger charge is -2.13. The van der Waals surface area contributed by atoms with Gasteiger partial charge in [-0.1, -0.05) is 23.4 Å². The third kappa shape index (κ3) is 4.68. The fourth-order valence-corrected chi connectivity index (χ4v) is 2.82. The van der Waals surface area contributed by atoms with Gasteiger partial charge < -0.3 is 0 Å². The number of hydrogen-bond donors (Lipinski definition) is 1. The molecule has 1 heterocycles. The average Bonchev–Trinajstić information content (AvgIpc) is 3.13. The molecule has 0 aliphatic carbocycles. The molecular formula is C20H12F6N4. The Morgan fingerprint density at radius 1 is 0.867 bits per heavy atom. The van der Waals surface area contributed by atoms with Crippen LogP contribution in [0.4, 0.5) is 26.3 Å². The lowest BCUT2D eigenvalue weighted by Crippen LogP contribution is -2.11. The molecule has 154 valence electrons. The van der Waals surface area contributed by atoms with Crippen LogP contribution in [0.3, 0.4) is 0 Å². The molecule has 3 rings (SSSR count). The summed E-state index contributed by atoms with van der Waals surface area (Å²) in [6.45, 7) is 1.75. The first-order chi connectivity index (χ1) is 14.0. The maximum Gasteiger partial charge on any atom is 0.416 e. The second kappa shape index (κ2) is 7.67. The summed E-state index contributed by atoms with van der Waals surface area (Å²) in [5.41, 5.74) is -0.829. The quantitative estimate of drug-likeness (QED) is 0.425. The van der Waals surface area contributed by atoms with Crippen molar-refractivity contribution in [3.8, 4) is 17.3 Å². The minimum Gasteiger partial charge on any atom is -0.247 e. The zero-order valence-electron chi connectivity index (χ0n) is 15.2. The zero-order valence-corrected chi connectivity index (χ0v) is 15.2. The first kappa shape index (κ1) is 21.1. The fourth-order valence-electron chi connectivity index (χ4n) is 2.82. The Balaban J connectivity index is 2.03. The van der Waals surface area contributed by atoms with Crippen molar-refractivity contribution in [2.45, 2.75) is 19.3 Å². The van der Waals surface area contributed by atoms with Gasteiger partial charge in [0.05, 0.1) is 11.1 Å².